The van der Waals surface area contributed by atoms with Crippen molar-refractivity contribution in [2.45, 2.75) is 38.6 Å². The van der Waals surface area contributed by atoms with E-state index in [0.29, 0.717) is 6.54 Å². The highest BCUT2D eigenvalue weighted by Crippen LogP contribution is 2.37. The van der Waals surface area contributed by atoms with Crippen LogP contribution in [0.3, 0.4) is 0 Å². The van der Waals surface area contributed by atoms with Gasteiger partial charge in [-0.1, -0.05) is 0 Å². The lowest BCUT2D eigenvalue weighted by Crippen LogP contribution is -2.44. The van der Waals surface area contributed by atoms with E-state index in [0.717, 1.165) is 65.2 Å². The summed E-state index contributed by atoms with van der Waals surface area (Å²) in [5, 5.41) is 14.2. The fourth-order valence-electron chi connectivity index (χ4n) is 4.82. The van der Waals surface area contributed by atoms with Gasteiger partial charge in [0.1, 0.15) is 22.3 Å². The van der Waals surface area contributed by atoms with Crippen LogP contribution in [0, 0.1) is 0 Å². The monoisotopic (exact) mass is 439 g/mol. The first-order chi connectivity index (χ1) is 15.0. The number of nitrogens with zero attached hydrogens (tertiary/aromatic N) is 4. The molecule has 1 aliphatic heterocycles. The molecule has 1 aliphatic rings. The van der Waals surface area contributed by atoms with Crippen LogP contribution in [0.2, 0.25) is 0 Å². The summed E-state index contributed by atoms with van der Waals surface area (Å²) in [7, 11) is 3.72. The molecule has 31 heavy (non-hydrogen) atoms. The number of benzene rings is 1. The SMILES string of the molecule is CCn1c(-c2cc3cc(C(O)N4CCC[C@@H](N)C4)cc(OC)c3n2C)nc2ccsc21. The van der Waals surface area contributed by atoms with Crippen LogP contribution in [-0.4, -0.2) is 50.4 Å². The van der Waals surface area contributed by atoms with E-state index in [1.54, 1.807) is 18.4 Å². The Bertz CT molecular complexity index is 1240. The van der Waals surface area contributed by atoms with Gasteiger partial charge in [0.25, 0.3) is 0 Å². The van der Waals surface area contributed by atoms with Crippen molar-refractivity contribution < 1.29 is 9.84 Å². The maximum absolute atomic E-state index is 11.1. The molecule has 0 spiro atoms. The van der Waals surface area contributed by atoms with Crippen LogP contribution in [0.15, 0.2) is 29.6 Å². The summed E-state index contributed by atoms with van der Waals surface area (Å²) in [6, 6.07) is 8.33. The molecule has 0 bridgehead atoms. The third-order valence-corrected chi connectivity index (χ3v) is 7.29. The van der Waals surface area contributed by atoms with E-state index >= 15 is 0 Å². The summed E-state index contributed by atoms with van der Waals surface area (Å²) in [4.78, 5) is 8.14. The molecule has 1 unspecified atom stereocenters. The number of methoxy groups -OCH3 is 1. The van der Waals surface area contributed by atoms with Crippen molar-refractivity contribution in [3.8, 4) is 17.3 Å². The summed E-state index contributed by atoms with van der Waals surface area (Å²) in [5.41, 5.74) is 10.0. The summed E-state index contributed by atoms with van der Waals surface area (Å²) < 4.78 is 10.2. The molecule has 0 amide bonds. The lowest BCUT2D eigenvalue weighted by Gasteiger charge is -2.34. The van der Waals surface area contributed by atoms with Crippen molar-refractivity contribution in [2.75, 3.05) is 20.2 Å². The highest BCUT2D eigenvalue weighted by molar-refractivity contribution is 7.16. The molecular formula is C23H29N5O2S. The van der Waals surface area contributed by atoms with Gasteiger partial charge in [-0.25, -0.2) is 4.98 Å². The zero-order chi connectivity index (χ0) is 21.7. The Balaban J connectivity index is 1.62. The number of piperidine rings is 1. The van der Waals surface area contributed by atoms with Crippen LogP contribution in [0.1, 0.15) is 31.6 Å². The number of rotatable bonds is 5. The van der Waals surface area contributed by atoms with E-state index in [4.69, 9.17) is 15.5 Å². The highest BCUT2D eigenvalue weighted by Gasteiger charge is 2.26. The number of likely N-dealkylation sites (tertiary alicyclic amines) is 1. The molecule has 2 atom stereocenters. The standard InChI is InChI=1S/C23H29N5O2S/c1-4-28-21(25-17-7-9-31-23(17)28)18-11-14-10-15(12-19(30-3)20(14)26(18)2)22(29)27-8-5-6-16(24)13-27/h7,9-12,16,22,29H,4-6,8,13,24H2,1-3H3/t16-,22?/m1/s1. The topological polar surface area (TPSA) is 81.5 Å². The molecule has 3 N–H and O–H groups in total. The zero-order valence-corrected chi connectivity index (χ0v) is 19.0. The van der Waals surface area contributed by atoms with Gasteiger partial charge in [-0.05, 0) is 55.0 Å². The number of hydrogen-bond donors (Lipinski definition) is 2. The average Bonchev–Trinajstić information content (AvgIpc) is 3.45. The van der Waals surface area contributed by atoms with Crippen molar-refractivity contribution in [2.24, 2.45) is 12.8 Å². The Morgan fingerprint density at radius 1 is 1.35 bits per heavy atom. The fourth-order valence-corrected chi connectivity index (χ4v) is 5.72. The van der Waals surface area contributed by atoms with Crippen LogP contribution < -0.4 is 10.5 Å². The molecule has 1 saturated heterocycles. The van der Waals surface area contributed by atoms with Gasteiger partial charge in [0.2, 0.25) is 0 Å². The van der Waals surface area contributed by atoms with Crippen molar-refractivity contribution in [3.63, 3.8) is 0 Å². The largest absolute Gasteiger partial charge is 0.495 e. The lowest BCUT2D eigenvalue weighted by atomic mass is 10.0. The first kappa shape index (κ1) is 20.5. The number of fused-ring (bicyclic) bond motifs is 2. The maximum atomic E-state index is 11.1. The molecule has 5 rings (SSSR count). The van der Waals surface area contributed by atoms with Crippen molar-refractivity contribution >= 4 is 32.6 Å². The molecule has 164 valence electrons. The molecule has 7 nitrogen and oxygen atoms in total. The number of aromatic nitrogens is 3. The minimum absolute atomic E-state index is 0.110. The minimum atomic E-state index is -0.698. The summed E-state index contributed by atoms with van der Waals surface area (Å²) >= 11 is 1.71. The summed E-state index contributed by atoms with van der Waals surface area (Å²) in [6.07, 6.45) is 1.32. The summed E-state index contributed by atoms with van der Waals surface area (Å²) in [5.74, 6) is 1.70. The van der Waals surface area contributed by atoms with E-state index in [2.05, 4.69) is 44.5 Å². The molecule has 4 heterocycles. The third-order valence-electron chi connectivity index (χ3n) is 6.37. The quantitative estimate of drug-likeness (QED) is 0.496. The Kier molecular flexibility index (Phi) is 5.26. The van der Waals surface area contributed by atoms with Gasteiger partial charge in [-0.15, -0.1) is 11.3 Å². The molecule has 8 heteroatoms. The van der Waals surface area contributed by atoms with E-state index in [-0.39, 0.29) is 6.04 Å². The molecule has 1 aromatic carbocycles. The Labute approximate surface area is 185 Å². The number of aryl methyl sites for hydroxylation is 2. The van der Waals surface area contributed by atoms with Crippen LogP contribution in [-0.2, 0) is 13.6 Å². The van der Waals surface area contributed by atoms with Crippen molar-refractivity contribution in [1.29, 1.82) is 0 Å². The van der Waals surface area contributed by atoms with Crippen LogP contribution in [0.4, 0.5) is 0 Å². The fraction of sp³-hybridized carbons (Fsp3) is 0.435. The predicted octanol–water partition coefficient (Wildman–Crippen LogP) is 3.70. The third kappa shape index (κ3) is 3.34. The van der Waals surface area contributed by atoms with Gasteiger partial charge in [0, 0.05) is 38.1 Å². The Morgan fingerprint density at radius 3 is 2.94 bits per heavy atom. The highest BCUT2D eigenvalue weighted by atomic mass is 32.1. The number of aliphatic hydroxyl groups excluding tert-OH is 1. The van der Waals surface area contributed by atoms with Gasteiger partial charge in [-0.3, -0.25) is 4.90 Å². The number of ether oxygens (including phenoxy) is 1. The summed E-state index contributed by atoms with van der Waals surface area (Å²) in [6.45, 7) is 4.54. The van der Waals surface area contributed by atoms with Gasteiger partial charge >= 0.3 is 0 Å². The second-order valence-corrected chi connectivity index (χ2v) is 9.21. The van der Waals surface area contributed by atoms with Crippen molar-refractivity contribution in [3.05, 3.63) is 35.2 Å². The average molecular weight is 440 g/mol. The van der Waals surface area contributed by atoms with Gasteiger partial charge < -0.3 is 24.7 Å². The number of hydrogen-bond acceptors (Lipinski definition) is 6. The van der Waals surface area contributed by atoms with E-state index in [9.17, 15) is 5.11 Å². The first-order valence-electron chi connectivity index (χ1n) is 10.8. The number of thiophene rings is 1. The van der Waals surface area contributed by atoms with Crippen molar-refractivity contribution in [1.82, 2.24) is 19.0 Å². The van der Waals surface area contributed by atoms with E-state index in [1.165, 1.54) is 4.83 Å². The molecule has 0 radical (unpaired) electrons. The number of aliphatic hydroxyl groups is 1. The van der Waals surface area contributed by atoms with Crippen LogP contribution in [0.25, 0.3) is 32.8 Å². The molecule has 4 aromatic rings. The Morgan fingerprint density at radius 2 is 2.19 bits per heavy atom. The maximum Gasteiger partial charge on any atom is 0.158 e. The number of imidazole rings is 1. The second kappa shape index (κ2) is 7.94. The molecule has 0 saturated carbocycles. The smallest absolute Gasteiger partial charge is 0.158 e. The van der Waals surface area contributed by atoms with Gasteiger partial charge in [-0.2, -0.15) is 0 Å². The zero-order valence-electron chi connectivity index (χ0n) is 18.2. The molecular weight excluding hydrogens is 410 g/mol. The van der Waals surface area contributed by atoms with E-state index < -0.39 is 6.23 Å². The number of nitrogens with two attached hydrogens (primary N) is 1. The molecule has 1 fully saturated rings. The predicted molar refractivity (Wildman–Crippen MR) is 125 cm³/mol. The first-order valence-corrected chi connectivity index (χ1v) is 11.7. The van der Waals surface area contributed by atoms with Gasteiger partial charge in [0.05, 0.1) is 18.3 Å². The second-order valence-electron chi connectivity index (χ2n) is 8.31. The molecule has 0 aliphatic carbocycles. The minimum Gasteiger partial charge on any atom is -0.495 e. The van der Waals surface area contributed by atoms with E-state index in [1.807, 2.05) is 13.1 Å². The normalized spacial score (nSPS) is 18.8. The van der Waals surface area contributed by atoms with Crippen LogP contribution in [0.5, 0.6) is 5.75 Å². The van der Waals surface area contributed by atoms with Gasteiger partial charge in [0.15, 0.2) is 5.82 Å². The van der Waals surface area contributed by atoms with Crippen LogP contribution >= 0.6 is 11.3 Å². The lowest BCUT2D eigenvalue weighted by molar-refractivity contribution is -0.0143. The molecule has 3 aromatic heterocycles. The Hall–Kier alpha value is -2.39.